The third-order valence-corrected chi connectivity index (χ3v) is 5.02. The fourth-order valence-corrected chi connectivity index (χ4v) is 3.54. The molecule has 25 heavy (non-hydrogen) atoms. The Labute approximate surface area is 167 Å². The highest BCUT2D eigenvalue weighted by atomic mass is 35.5. The Morgan fingerprint density at radius 3 is 2.00 bits per heavy atom. The number of nitrogens with zero attached hydrogens (tertiary/aromatic N) is 2. The maximum absolute atomic E-state index is 3.48. The van der Waals surface area contributed by atoms with Gasteiger partial charge < -0.3 is 10.2 Å². The van der Waals surface area contributed by atoms with Crippen LogP contribution in [-0.2, 0) is 0 Å². The SMILES string of the molecule is CCN(CC)c1ccc([C@H](CCC(C)C)N2CCNCC2)cc1.Cl.Cl. The van der Waals surface area contributed by atoms with Gasteiger partial charge in [-0.3, -0.25) is 4.90 Å². The summed E-state index contributed by atoms with van der Waals surface area (Å²) >= 11 is 0. The number of hydrogen-bond acceptors (Lipinski definition) is 3. The minimum atomic E-state index is 0. The molecular formula is C20H37Cl2N3. The summed E-state index contributed by atoms with van der Waals surface area (Å²) in [6.07, 6.45) is 2.56. The average Bonchev–Trinajstić information content (AvgIpc) is 2.58. The van der Waals surface area contributed by atoms with Crippen molar-refractivity contribution in [3.05, 3.63) is 29.8 Å². The lowest BCUT2D eigenvalue weighted by molar-refractivity contribution is 0.160. The lowest BCUT2D eigenvalue weighted by atomic mass is 9.95. The van der Waals surface area contributed by atoms with E-state index in [2.05, 4.69) is 67.1 Å². The summed E-state index contributed by atoms with van der Waals surface area (Å²) in [6, 6.07) is 9.92. The molecule has 146 valence electrons. The molecule has 0 radical (unpaired) electrons. The van der Waals surface area contributed by atoms with E-state index in [9.17, 15) is 0 Å². The van der Waals surface area contributed by atoms with Crippen LogP contribution in [0.15, 0.2) is 24.3 Å². The van der Waals surface area contributed by atoms with Gasteiger partial charge in [0.25, 0.3) is 0 Å². The zero-order valence-corrected chi connectivity index (χ0v) is 18.0. The van der Waals surface area contributed by atoms with Crippen molar-refractivity contribution in [2.75, 3.05) is 44.2 Å². The van der Waals surface area contributed by atoms with Crippen molar-refractivity contribution in [1.29, 1.82) is 0 Å². The number of halogens is 2. The van der Waals surface area contributed by atoms with Gasteiger partial charge in [0.1, 0.15) is 0 Å². The standard InChI is InChI=1S/C20H35N3.2ClH/c1-5-22(6-2)19-10-8-18(9-11-19)20(12-7-17(3)4)23-15-13-21-14-16-23;;/h8-11,17,20-21H,5-7,12-16H2,1-4H3;2*1H/t20-;;/m0../s1. The second kappa shape index (κ2) is 12.8. The highest BCUT2D eigenvalue weighted by Crippen LogP contribution is 2.29. The van der Waals surface area contributed by atoms with E-state index in [0.717, 1.165) is 32.1 Å². The lowest BCUT2D eigenvalue weighted by Crippen LogP contribution is -2.45. The quantitative estimate of drug-likeness (QED) is 0.691. The summed E-state index contributed by atoms with van der Waals surface area (Å²) in [5.74, 6) is 0.773. The topological polar surface area (TPSA) is 18.5 Å². The van der Waals surface area contributed by atoms with Crippen molar-refractivity contribution in [2.24, 2.45) is 5.92 Å². The summed E-state index contributed by atoms with van der Waals surface area (Å²) < 4.78 is 0. The van der Waals surface area contributed by atoms with Gasteiger partial charge in [0, 0.05) is 51.0 Å². The number of rotatable bonds is 8. The summed E-state index contributed by atoms with van der Waals surface area (Å²) in [5.41, 5.74) is 2.84. The van der Waals surface area contributed by atoms with Crippen molar-refractivity contribution in [3.63, 3.8) is 0 Å². The zero-order valence-electron chi connectivity index (χ0n) is 16.3. The summed E-state index contributed by atoms with van der Waals surface area (Å²) in [6.45, 7) is 15.8. The van der Waals surface area contributed by atoms with Crippen LogP contribution in [0.1, 0.15) is 52.1 Å². The van der Waals surface area contributed by atoms with Gasteiger partial charge in [0.2, 0.25) is 0 Å². The second-order valence-electron chi connectivity index (χ2n) is 7.04. The molecule has 1 heterocycles. The van der Waals surface area contributed by atoms with Gasteiger partial charge in [0.15, 0.2) is 0 Å². The molecule has 1 aliphatic rings. The first kappa shape index (κ1) is 24.5. The molecule has 1 aromatic rings. The van der Waals surface area contributed by atoms with Gasteiger partial charge in [0.05, 0.1) is 0 Å². The summed E-state index contributed by atoms with van der Waals surface area (Å²) in [7, 11) is 0. The van der Waals surface area contributed by atoms with Crippen molar-refractivity contribution < 1.29 is 0 Å². The molecule has 0 bridgehead atoms. The van der Waals surface area contributed by atoms with E-state index >= 15 is 0 Å². The van der Waals surface area contributed by atoms with Gasteiger partial charge in [-0.2, -0.15) is 0 Å². The first-order valence-corrected chi connectivity index (χ1v) is 9.45. The first-order chi connectivity index (χ1) is 11.2. The second-order valence-corrected chi connectivity index (χ2v) is 7.04. The van der Waals surface area contributed by atoms with Crippen molar-refractivity contribution >= 4 is 30.5 Å². The van der Waals surface area contributed by atoms with Crippen molar-refractivity contribution in [3.8, 4) is 0 Å². The fraction of sp³-hybridized carbons (Fsp3) is 0.700. The molecule has 5 heteroatoms. The monoisotopic (exact) mass is 389 g/mol. The molecule has 0 amide bonds. The van der Waals surface area contributed by atoms with Crippen molar-refractivity contribution in [1.82, 2.24) is 10.2 Å². The number of nitrogens with one attached hydrogen (secondary N) is 1. The predicted molar refractivity (Wildman–Crippen MR) is 116 cm³/mol. The van der Waals surface area contributed by atoms with Gasteiger partial charge in [-0.15, -0.1) is 24.8 Å². The van der Waals surface area contributed by atoms with E-state index in [1.165, 1.54) is 37.2 Å². The third-order valence-electron chi connectivity index (χ3n) is 5.02. The molecular weight excluding hydrogens is 353 g/mol. The highest BCUT2D eigenvalue weighted by Gasteiger charge is 2.22. The van der Waals surface area contributed by atoms with E-state index < -0.39 is 0 Å². The molecule has 1 N–H and O–H groups in total. The fourth-order valence-electron chi connectivity index (χ4n) is 3.54. The molecule has 1 fully saturated rings. The molecule has 0 unspecified atom stereocenters. The highest BCUT2D eigenvalue weighted by molar-refractivity contribution is 5.85. The van der Waals surface area contributed by atoms with Gasteiger partial charge in [-0.25, -0.2) is 0 Å². The molecule has 0 aromatic heterocycles. The van der Waals surface area contributed by atoms with Gasteiger partial charge in [-0.1, -0.05) is 26.0 Å². The third kappa shape index (κ3) is 7.34. The Kier molecular flexibility index (Phi) is 12.6. The number of anilines is 1. The van der Waals surface area contributed by atoms with Crippen LogP contribution in [0.5, 0.6) is 0 Å². The number of piperazine rings is 1. The molecule has 0 saturated carbocycles. The molecule has 1 atom stereocenters. The van der Waals surface area contributed by atoms with Gasteiger partial charge in [-0.05, 0) is 50.3 Å². The van der Waals surface area contributed by atoms with Crippen LogP contribution in [0.25, 0.3) is 0 Å². The molecule has 0 spiro atoms. The van der Waals surface area contributed by atoms with Crippen LogP contribution < -0.4 is 10.2 Å². The minimum Gasteiger partial charge on any atom is -0.372 e. The normalized spacial score (nSPS) is 16.0. The maximum atomic E-state index is 3.48. The van der Waals surface area contributed by atoms with Crippen LogP contribution in [0.3, 0.4) is 0 Å². The number of benzene rings is 1. The summed E-state index contributed by atoms with van der Waals surface area (Å²) in [4.78, 5) is 5.09. The Hall–Kier alpha value is -0.480. The Morgan fingerprint density at radius 2 is 1.52 bits per heavy atom. The van der Waals surface area contributed by atoms with Crippen molar-refractivity contribution in [2.45, 2.75) is 46.6 Å². The molecule has 1 saturated heterocycles. The molecule has 0 aliphatic carbocycles. The summed E-state index contributed by atoms with van der Waals surface area (Å²) in [5, 5.41) is 3.48. The van der Waals surface area contributed by atoms with Crippen LogP contribution in [0.4, 0.5) is 5.69 Å². The van der Waals surface area contributed by atoms with Crippen LogP contribution in [0.2, 0.25) is 0 Å². The van der Waals surface area contributed by atoms with E-state index in [-0.39, 0.29) is 24.8 Å². The van der Waals surface area contributed by atoms with E-state index in [1.54, 1.807) is 0 Å². The minimum absolute atomic E-state index is 0. The molecule has 3 nitrogen and oxygen atoms in total. The largest absolute Gasteiger partial charge is 0.372 e. The molecule has 2 rings (SSSR count). The van der Waals surface area contributed by atoms with Crippen LogP contribution >= 0.6 is 24.8 Å². The Bertz CT molecular complexity index is 441. The lowest BCUT2D eigenvalue weighted by Gasteiger charge is -2.36. The molecule has 1 aliphatic heterocycles. The Balaban J connectivity index is 0.00000288. The maximum Gasteiger partial charge on any atom is 0.0366 e. The first-order valence-electron chi connectivity index (χ1n) is 9.45. The Morgan fingerprint density at radius 1 is 0.960 bits per heavy atom. The average molecular weight is 390 g/mol. The smallest absolute Gasteiger partial charge is 0.0366 e. The number of hydrogen-bond donors (Lipinski definition) is 1. The molecule has 1 aromatic carbocycles. The van der Waals surface area contributed by atoms with E-state index in [0.29, 0.717) is 6.04 Å². The van der Waals surface area contributed by atoms with E-state index in [4.69, 9.17) is 0 Å². The van der Waals surface area contributed by atoms with Gasteiger partial charge >= 0.3 is 0 Å². The predicted octanol–water partition coefficient (Wildman–Crippen LogP) is 4.76. The zero-order chi connectivity index (χ0) is 16.7. The van der Waals surface area contributed by atoms with Crippen LogP contribution in [-0.4, -0.2) is 44.2 Å². The van der Waals surface area contributed by atoms with E-state index in [1.807, 2.05) is 0 Å². The van der Waals surface area contributed by atoms with Crippen LogP contribution in [0, 0.1) is 5.92 Å².